The maximum atomic E-state index is 12.1. The van der Waals surface area contributed by atoms with Gasteiger partial charge in [0.05, 0.1) is 17.3 Å². The smallest absolute Gasteiger partial charge is 0.179 e. The van der Waals surface area contributed by atoms with Crippen molar-refractivity contribution in [2.45, 2.75) is 17.9 Å². The highest BCUT2D eigenvalue weighted by Crippen LogP contribution is 2.11. The molecule has 0 aromatic heterocycles. The summed E-state index contributed by atoms with van der Waals surface area (Å²) in [5, 5.41) is 3.11. The Labute approximate surface area is 103 Å². The van der Waals surface area contributed by atoms with Crippen LogP contribution in [-0.2, 0) is 14.6 Å². The second-order valence-electron chi connectivity index (χ2n) is 3.80. The lowest BCUT2D eigenvalue weighted by Gasteiger charge is -2.16. The fraction of sp³-hybridized carbons (Fsp3) is 0.500. The molecule has 4 nitrogen and oxygen atoms in total. The third-order valence-electron chi connectivity index (χ3n) is 2.38. The highest BCUT2D eigenvalue weighted by Gasteiger charge is 2.20. The van der Waals surface area contributed by atoms with Crippen LogP contribution < -0.4 is 5.32 Å². The van der Waals surface area contributed by atoms with E-state index in [-0.39, 0.29) is 11.8 Å². The molecule has 0 aliphatic rings. The molecule has 1 N–H and O–H groups in total. The Morgan fingerprint density at radius 2 is 1.94 bits per heavy atom. The van der Waals surface area contributed by atoms with E-state index in [1.807, 2.05) is 6.92 Å². The van der Waals surface area contributed by atoms with E-state index < -0.39 is 9.84 Å². The van der Waals surface area contributed by atoms with E-state index in [2.05, 4.69) is 5.32 Å². The number of benzene rings is 1. The van der Waals surface area contributed by atoms with Crippen LogP contribution in [-0.4, -0.2) is 40.5 Å². The van der Waals surface area contributed by atoms with Crippen LogP contribution in [0.1, 0.15) is 6.92 Å². The maximum Gasteiger partial charge on any atom is 0.179 e. The zero-order valence-electron chi connectivity index (χ0n) is 10.2. The minimum absolute atomic E-state index is 0.0543. The predicted molar refractivity (Wildman–Crippen MR) is 67.8 cm³/mol. The van der Waals surface area contributed by atoms with Crippen molar-refractivity contribution in [1.29, 1.82) is 0 Å². The first-order chi connectivity index (χ1) is 8.10. The van der Waals surface area contributed by atoms with Gasteiger partial charge in [-0.05, 0) is 18.7 Å². The van der Waals surface area contributed by atoms with Gasteiger partial charge >= 0.3 is 0 Å². The van der Waals surface area contributed by atoms with E-state index in [4.69, 9.17) is 4.74 Å². The number of sulfone groups is 1. The van der Waals surface area contributed by atoms with Crippen molar-refractivity contribution >= 4 is 9.84 Å². The monoisotopic (exact) mass is 257 g/mol. The number of rotatable bonds is 7. The summed E-state index contributed by atoms with van der Waals surface area (Å²) < 4.78 is 29.2. The van der Waals surface area contributed by atoms with Crippen LogP contribution in [0.5, 0.6) is 0 Å². The summed E-state index contributed by atoms with van der Waals surface area (Å²) >= 11 is 0. The van der Waals surface area contributed by atoms with Crippen molar-refractivity contribution in [3.05, 3.63) is 30.3 Å². The number of methoxy groups -OCH3 is 1. The van der Waals surface area contributed by atoms with Gasteiger partial charge in [-0.15, -0.1) is 0 Å². The second kappa shape index (κ2) is 6.74. The van der Waals surface area contributed by atoms with E-state index >= 15 is 0 Å². The maximum absolute atomic E-state index is 12.1. The van der Waals surface area contributed by atoms with Crippen molar-refractivity contribution in [3.8, 4) is 0 Å². The van der Waals surface area contributed by atoms with E-state index in [9.17, 15) is 8.42 Å². The molecule has 0 spiro atoms. The average Bonchev–Trinajstić information content (AvgIpc) is 2.30. The van der Waals surface area contributed by atoms with Crippen LogP contribution in [0.25, 0.3) is 0 Å². The summed E-state index contributed by atoms with van der Waals surface area (Å²) in [5.74, 6) is 0.0543. The Morgan fingerprint density at radius 3 is 2.47 bits per heavy atom. The van der Waals surface area contributed by atoms with Crippen molar-refractivity contribution in [3.63, 3.8) is 0 Å². The lowest BCUT2D eigenvalue weighted by atomic mass is 10.3. The molecule has 1 rings (SSSR count). The van der Waals surface area contributed by atoms with Gasteiger partial charge in [-0.2, -0.15) is 0 Å². The molecule has 17 heavy (non-hydrogen) atoms. The van der Waals surface area contributed by atoms with E-state index in [1.165, 1.54) is 0 Å². The Bertz CT molecular complexity index is 411. The van der Waals surface area contributed by atoms with Gasteiger partial charge in [0, 0.05) is 13.2 Å². The quantitative estimate of drug-likeness (QED) is 0.794. The summed E-state index contributed by atoms with van der Waals surface area (Å²) in [7, 11) is -1.68. The highest BCUT2D eigenvalue weighted by atomic mass is 32.2. The standard InChI is InChI=1S/C12H19NO3S/c1-3-13-11(9-16-2)10-17(14,15)12-7-5-4-6-8-12/h4-8,11,13H,3,9-10H2,1-2H3. The number of likely N-dealkylation sites (N-methyl/N-ethyl adjacent to an activating group) is 1. The summed E-state index contributed by atoms with van der Waals surface area (Å²) in [6.45, 7) is 3.05. The number of ether oxygens (including phenoxy) is 1. The van der Waals surface area contributed by atoms with Crippen LogP contribution in [0.3, 0.4) is 0 Å². The first kappa shape index (κ1) is 14.2. The van der Waals surface area contributed by atoms with Crippen molar-refractivity contribution < 1.29 is 13.2 Å². The molecular formula is C12H19NO3S. The van der Waals surface area contributed by atoms with Gasteiger partial charge in [0.25, 0.3) is 0 Å². The second-order valence-corrected chi connectivity index (χ2v) is 5.84. The lowest BCUT2D eigenvalue weighted by molar-refractivity contribution is 0.174. The Morgan fingerprint density at radius 1 is 1.29 bits per heavy atom. The van der Waals surface area contributed by atoms with Crippen molar-refractivity contribution in [2.24, 2.45) is 0 Å². The third kappa shape index (κ3) is 4.46. The van der Waals surface area contributed by atoms with Gasteiger partial charge < -0.3 is 10.1 Å². The summed E-state index contributed by atoms with van der Waals surface area (Å²) in [4.78, 5) is 0.360. The molecule has 0 heterocycles. The zero-order valence-corrected chi connectivity index (χ0v) is 11.0. The molecule has 0 amide bonds. The molecule has 0 aliphatic carbocycles. The Kier molecular flexibility index (Phi) is 5.61. The normalized spacial score (nSPS) is 13.5. The molecular weight excluding hydrogens is 238 g/mol. The number of nitrogens with one attached hydrogen (secondary N) is 1. The molecule has 96 valence electrons. The first-order valence-electron chi connectivity index (χ1n) is 5.60. The van der Waals surface area contributed by atoms with Gasteiger partial charge in [-0.3, -0.25) is 0 Å². The molecule has 0 fully saturated rings. The van der Waals surface area contributed by atoms with Gasteiger partial charge in [0.2, 0.25) is 0 Å². The highest BCUT2D eigenvalue weighted by molar-refractivity contribution is 7.91. The zero-order chi connectivity index (χ0) is 12.7. The van der Waals surface area contributed by atoms with Crippen LogP contribution in [0.4, 0.5) is 0 Å². The van der Waals surface area contributed by atoms with Crippen LogP contribution in [0.15, 0.2) is 35.2 Å². The van der Waals surface area contributed by atoms with E-state index in [1.54, 1.807) is 37.4 Å². The van der Waals surface area contributed by atoms with Gasteiger partial charge in [-0.1, -0.05) is 25.1 Å². The Hall–Kier alpha value is -0.910. The lowest BCUT2D eigenvalue weighted by Crippen LogP contribution is -2.39. The molecule has 1 aromatic carbocycles. The SMILES string of the molecule is CCNC(COC)CS(=O)(=O)c1ccccc1. The molecule has 0 bridgehead atoms. The van der Waals surface area contributed by atoms with Crippen LogP contribution in [0, 0.1) is 0 Å². The third-order valence-corrected chi connectivity index (χ3v) is 4.22. The van der Waals surface area contributed by atoms with Gasteiger partial charge in [0.1, 0.15) is 0 Å². The molecule has 5 heteroatoms. The minimum Gasteiger partial charge on any atom is -0.383 e. The summed E-state index contributed by atoms with van der Waals surface area (Å²) in [6, 6.07) is 8.32. The molecule has 0 saturated carbocycles. The molecule has 1 aromatic rings. The summed E-state index contributed by atoms with van der Waals surface area (Å²) in [6.07, 6.45) is 0. The fourth-order valence-electron chi connectivity index (χ4n) is 1.64. The Balaban J connectivity index is 2.77. The van der Waals surface area contributed by atoms with Crippen LogP contribution in [0.2, 0.25) is 0 Å². The topological polar surface area (TPSA) is 55.4 Å². The first-order valence-corrected chi connectivity index (χ1v) is 7.25. The molecule has 0 saturated heterocycles. The molecule has 0 radical (unpaired) electrons. The molecule has 1 unspecified atom stereocenters. The number of hydrogen-bond donors (Lipinski definition) is 1. The van der Waals surface area contributed by atoms with Gasteiger partial charge in [-0.25, -0.2) is 8.42 Å². The molecule has 0 aliphatic heterocycles. The van der Waals surface area contributed by atoms with Gasteiger partial charge in [0.15, 0.2) is 9.84 Å². The van der Waals surface area contributed by atoms with Crippen LogP contribution >= 0.6 is 0 Å². The number of hydrogen-bond acceptors (Lipinski definition) is 4. The van der Waals surface area contributed by atoms with E-state index in [0.29, 0.717) is 11.5 Å². The van der Waals surface area contributed by atoms with Crippen molar-refractivity contribution in [1.82, 2.24) is 5.32 Å². The molecule has 1 atom stereocenters. The fourth-order valence-corrected chi connectivity index (χ4v) is 3.15. The average molecular weight is 257 g/mol. The minimum atomic E-state index is -3.25. The van der Waals surface area contributed by atoms with Crippen molar-refractivity contribution in [2.75, 3.05) is 26.0 Å². The summed E-state index contributed by atoms with van der Waals surface area (Å²) in [5.41, 5.74) is 0. The van der Waals surface area contributed by atoms with E-state index in [0.717, 1.165) is 6.54 Å². The predicted octanol–water partition coefficient (Wildman–Crippen LogP) is 1.08. The largest absolute Gasteiger partial charge is 0.383 e.